The van der Waals surface area contributed by atoms with Gasteiger partial charge >= 0.3 is 6.09 Å². The molecule has 2 aliphatic heterocycles. The zero-order valence-electron chi connectivity index (χ0n) is 13.7. The maximum atomic E-state index is 11.4. The third kappa shape index (κ3) is 2.13. The zero-order chi connectivity index (χ0) is 17.8. The van der Waals surface area contributed by atoms with Crippen LogP contribution in [0.1, 0.15) is 12.8 Å². The Hall–Kier alpha value is -3.23. The number of piperazine rings is 1. The first-order chi connectivity index (χ1) is 12.6. The van der Waals surface area contributed by atoms with Crippen LogP contribution in [0.3, 0.4) is 0 Å². The van der Waals surface area contributed by atoms with Crippen LogP contribution in [-0.2, 0) is 0 Å². The van der Waals surface area contributed by atoms with Gasteiger partial charge in [0.1, 0.15) is 12.0 Å². The average molecular weight is 356 g/mol. The van der Waals surface area contributed by atoms with Crippen molar-refractivity contribution in [1.82, 2.24) is 14.9 Å². The van der Waals surface area contributed by atoms with Crippen LogP contribution in [0.2, 0.25) is 0 Å². The van der Waals surface area contributed by atoms with Crippen molar-refractivity contribution < 1.29 is 23.8 Å². The Morgan fingerprint density at radius 3 is 2.65 bits per heavy atom. The van der Waals surface area contributed by atoms with Crippen LogP contribution in [0.5, 0.6) is 5.75 Å². The summed E-state index contributed by atoms with van der Waals surface area (Å²) in [7, 11) is 0. The number of aromatic nitrogens is 2. The molecule has 2 unspecified atom stereocenters. The van der Waals surface area contributed by atoms with Crippen LogP contribution in [0.4, 0.5) is 10.8 Å². The van der Waals surface area contributed by atoms with Crippen molar-refractivity contribution in [2.24, 2.45) is 0 Å². The molecule has 3 aromatic rings. The van der Waals surface area contributed by atoms with Gasteiger partial charge in [-0.2, -0.15) is 4.98 Å². The van der Waals surface area contributed by atoms with Gasteiger partial charge in [-0.05, 0) is 25.0 Å². The lowest BCUT2D eigenvalue weighted by molar-refractivity contribution is 0.114. The first-order valence-corrected chi connectivity index (χ1v) is 8.40. The smallest absolute Gasteiger partial charge is 0.407 e. The van der Waals surface area contributed by atoms with Crippen LogP contribution in [0.25, 0.3) is 22.6 Å². The van der Waals surface area contributed by atoms with Gasteiger partial charge in [0.25, 0.3) is 6.01 Å². The molecule has 9 nitrogen and oxygen atoms in total. The Labute approximate surface area is 147 Å². The predicted octanol–water partition coefficient (Wildman–Crippen LogP) is 2.52. The van der Waals surface area contributed by atoms with Crippen LogP contribution >= 0.6 is 0 Å². The van der Waals surface area contributed by atoms with Gasteiger partial charge in [0.05, 0.1) is 23.8 Å². The monoisotopic (exact) mass is 356 g/mol. The second-order valence-electron chi connectivity index (χ2n) is 6.62. The normalized spacial score (nSPS) is 22.3. The molecule has 5 rings (SSSR count). The lowest BCUT2D eigenvalue weighted by Crippen LogP contribution is -2.55. The summed E-state index contributed by atoms with van der Waals surface area (Å²) in [5.74, 6) is 0.394. The third-order valence-electron chi connectivity index (χ3n) is 5.15. The summed E-state index contributed by atoms with van der Waals surface area (Å²) in [4.78, 5) is 23.5. The van der Waals surface area contributed by atoms with Crippen molar-refractivity contribution in [3.05, 3.63) is 24.6 Å². The van der Waals surface area contributed by atoms with E-state index >= 15 is 0 Å². The molecule has 26 heavy (non-hydrogen) atoms. The summed E-state index contributed by atoms with van der Waals surface area (Å²) in [6.07, 6.45) is 3.79. The SMILES string of the molecule is O=C(O)N1C2CCC1CN(c1nc3c(O)ccc(-c4ncco4)c3o1)C2. The molecule has 2 aliphatic rings. The van der Waals surface area contributed by atoms with Crippen LogP contribution in [0, 0.1) is 0 Å². The minimum atomic E-state index is -0.876. The number of amides is 1. The van der Waals surface area contributed by atoms with Crippen molar-refractivity contribution in [3.63, 3.8) is 0 Å². The second kappa shape index (κ2) is 5.38. The highest BCUT2D eigenvalue weighted by Gasteiger charge is 2.43. The number of nitrogens with zero attached hydrogens (tertiary/aromatic N) is 4. The molecular formula is C17H16N4O5. The van der Waals surface area contributed by atoms with Gasteiger partial charge < -0.3 is 23.9 Å². The van der Waals surface area contributed by atoms with Crippen LogP contribution in [0.15, 0.2) is 33.4 Å². The van der Waals surface area contributed by atoms with E-state index in [4.69, 9.17) is 8.83 Å². The summed E-state index contributed by atoms with van der Waals surface area (Å²) in [6, 6.07) is 3.43. The maximum absolute atomic E-state index is 11.4. The molecule has 0 spiro atoms. The molecule has 2 aromatic heterocycles. The Kier molecular flexibility index (Phi) is 3.12. The molecule has 0 aliphatic carbocycles. The lowest BCUT2D eigenvalue weighted by Gasteiger charge is -2.38. The number of oxazole rings is 2. The van der Waals surface area contributed by atoms with E-state index in [1.165, 1.54) is 23.4 Å². The first kappa shape index (κ1) is 15.1. The van der Waals surface area contributed by atoms with Gasteiger partial charge in [-0.1, -0.05) is 0 Å². The molecule has 1 aromatic carbocycles. The fourth-order valence-corrected chi connectivity index (χ4v) is 4.01. The van der Waals surface area contributed by atoms with Crippen molar-refractivity contribution in [2.45, 2.75) is 24.9 Å². The lowest BCUT2D eigenvalue weighted by atomic mass is 10.2. The molecule has 1 amide bonds. The third-order valence-corrected chi connectivity index (χ3v) is 5.15. The van der Waals surface area contributed by atoms with Crippen LogP contribution < -0.4 is 4.90 Å². The summed E-state index contributed by atoms with van der Waals surface area (Å²) in [5.41, 5.74) is 1.34. The Bertz CT molecular complexity index is 969. The molecule has 2 fully saturated rings. The van der Waals surface area contributed by atoms with Gasteiger partial charge in [0.2, 0.25) is 5.89 Å². The number of hydrogen-bond acceptors (Lipinski definition) is 7. The minimum Gasteiger partial charge on any atom is -0.506 e. The highest BCUT2D eigenvalue weighted by molar-refractivity contribution is 5.92. The van der Waals surface area contributed by atoms with Gasteiger partial charge in [0, 0.05) is 13.1 Å². The zero-order valence-corrected chi connectivity index (χ0v) is 13.7. The fraction of sp³-hybridized carbons (Fsp3) is 0.353. The summed E-state index contributed by atoms with van der Waals surface area (Å²) in [5, 5.41) is 19.5. The quantitative estimate of drug-likeness (QED) is 0.719. The van der Waals surface area contributed by atoms with Gasteiger partial charge in [-0.3, -0.25) is 4.90 Å². The van der Waals surface area contributed by atoms with E-state index in [9.17, 15) is 15.0 Å². The van der Waals surface area contributed by atoms with E-state index in [0.29, 0.717) is 41.7 Å². The Morgan fingerprint density at radius 1 is 1.23 bits per heavy atom. The molecule has 2 atom stereocenters. The van der Waals surface area contributed by atoms with Gasteiger partial charge in [-0.25, -0.2) is 9.78 Å². The van der Waals surface area contributed by atoms with E-state index in [1.807, 2.05) is 4.90 Å². The molecule has 134 valence electrons. The van der Waals surface area contributed by atoms with Gasteiger partial charge in [0.15, 0.2) is 11.1 Å². The van der Waals surface area contributed by atoms with E-state index in [-0.39, 0.29) is 17.8 Å². The number of phenols is 1. The Morgan fingerprint density at radius 2 is 2.00 bits per heavy atom. The fourth-order valence-electron chi connectivity index (χ4n) is 4.01. The highest BCUT2D eigenvalue weighted by Crippen LogP contribution is 2.38. The summed E-state index contributed by atoms with van der Waals surface area (Å²) < 4.78 is 11.3. The highest BCUT2D eigenvalue weighted by atomic mass is 16.4. The van der Waals surface area contributed by atoms with Crippen LogP contribution in [-0.4, -0.2) is 56.3 Å². The topological polar surface area (TPSA) is 116 Å². The molecule has 4 heterocycles. The summed E-state index contributed by atoms with van der Waals surface area (Å²) in [6.45, 7) is 1.04. The number of rotatable bonds is 2. The standard InChI is InChI=1S/C17H16N4O5/c22-12-4-3-11(15-18-5-6-25-15)14-13(12)19-16(26-14)20-7-9-1-2-10(8-20)21(9)17(23)24/h3-6,9-10,22H,1-2,7-8H2,(H,23,24). The Balaban J connectivity index is 1.54. The number of fused-ring (bicyclic) bond motifs is 3. The molecule has 2 saturated heterocycles. The number of hydrogen-bond donors (Lipinski definition) is 2. The predicted molar refractivity (Wildman–Crippen MR) is 90.1 cm³/mol. The molecular weight excluding hydrogens is 340 g/mol. The van der Waals surface area contributed by atoms with Gasteiger partial charge in [-0.15, -0.1) is 0 Å². The number of phenolic OH excluding ortho intramolecular Hbond substituents is 1. The van der Waals surface area contributed by atoms with Crippen molar-refractivity contribution in [1.29, 1.82) is 0 Å². The number of anilines is 1. The molecule has 9 heteroatoms. The van der Waals surface area contributed by atoms with Crippen molar-refractivity contribution >= 4 is 23.2 Å². The average Bonchev–Trinajstić information content (AvgIpc) is 3.34. The van der Waals surface area contributed by atoms with Crippen molar-refractivity contribution in [2.75, 3.05) is 18.0 Å². The molecule has 0 saturated carbocycles. The van der Waals surface area contributed by atoms with E-state index in [2.05, 4.69) is 9.97 Å². The van der Waals surface area contributed by atoms with E-state index in [1.54, 1.807) is 6.07 Å². The van der Waals surface area contributed by atoms with E-state index in [0.717, 1.165) is 12.8 Å². The number of carbonyl (C=O) groups is 1. The second-order valence-corrected chi connectivity index (χ2v) is 6.62. The first-order valence-electron chi connectivity index (χ1n) is 8.40. The summed E-state index contributed by atoms with van der Waals surface area (Å²) >= 11 is 0. The van der Waals surface area contributed by atoms with Crippen molar-refractivity contribution in [3.8, 4) is 17.2 Å². The molecule has 2 bridgehead atoms. The largest absolute Gasteiger partial charge is 0.506 e. The number of benzene rings is 1. The minimum absolute atomic E-state index is 0.0115. The number of carboxylic acid groups (broad SMARTS) is 1. The van der Waals surface area contributed by atoms with E-state index < -0.39 is 6.09 Å². The molecule has 2 N–H and O–H groups in total. The maximum Gasteiger partial charge on any atom is 0.407 e. The number of aromatic hydroxyl groups is 1. The molecule has 0 radical (unpaired) electrons.